The van der Waals surface area contributed by atoms with E-state index in [1.54, 1.807) is 0 Å². The van der Waals surface area contributed by atoms with Crippen LogP contribution >= 0.6 is 0 Å². The molecule has 2 N–H and O–H groups in total. The van der Waals surface area contributed by atoms with Gasteiger partial charge in [0.15, 0.2) is 0 Å². The molecule has 0 radical (unpaired) electrons. The first-order valence-corrected chi connectivity index (χ1v) is 4.04. The summed E-state index contributed by atoms with van der Waals surface area (Å²) in [7, 11) is 0. The monoisotopic (exact) mass is 154 g/mol. The Balaban J connectivity index is 4.10. The summed E-state index contributed by atoms with van der Waals surface area (Å²) in [6.45, 7) is 8.42. The highest BCUT2D eigenvalue weighted by molar-refractivity contribution is 5.96. The number of hydrazone groups is 1. The van der Waals surface area contributed by atoms with E-state index in [4.69, 9.17) is 5.84 Å². The number of hydrogen-bond donors (Lipinski definition) is 1. The quantitative estimate of drug-likeness (QED) is 0.377. The fourth-order valence-electron chi connectivity index (χ4n) is 0.676. The van der Waals surface area contributed by atoms with Gasteiger partial charge in [-0.3, -0.25) is 0 Å². The summed E-state index contributed by atoms with van der Waals surface area (Å²) in [4.78, 5) is 0. The van der Waals surface area contributed by atoms with E-state index in [0.717, 1.165) is 5.71 Å². The molecule has 64 valence electrons. The first kappa shape index (κ1) is 10.2. The third-order valence-corrected chi connectivity index (χ3v) is 1.39. The second kappa shape index (κ2) is 4.94. The molecular weight excluding hydrogens is 136 g/mol. The van der Waals surface area contributed by atoms with Gasteiger partial charge in [0.1, 0.15) is 0 Å². The van der Waals surface area contributed by atoms with Crippen molar-refractivity contribution in [3.63, 3.8) is 0 Å². The normalized spacial score (nSPS) is 13.8. The van der Waals surface area contributed by atoms with Crippen molar-refractivity contribution in [3.05, 3.63) is 12.2 Å². The Labute approximate surface area is 69.2 Å². The van der Waals surface area contributed by atoms with Crippen LogP contribution in [0.4, 0.5) is 0 Å². The van der Waals surface area contributed by atoms with Crippen LogP contribution in [-0.2, 0) is 0 Å². The minimum Gasteiger partial charge on any atom is -0.323 e. The molecule has 0 saturated heterocycles. The first-order chi connectivity index (χ1) is 5.07. The van der Waals surface area contributed by atoms with E-state index in [1.807, 2.05) is 6.08 Å². The maximum absolute atomic E-state index is 5.20. The van der Waals surface area contributed by atoms with Gasteiger partial charge in [0.25, 0.3) is 0 Å². The van der Waals surface area contributed by atoms with Crippen LogP contribution in [-0.4, -0.2) is 5.71 Å². The molecule has 0 rings (SSSR count). The van der Waals surface area contributed by atoms with E-state index < -0.39 is 0 Å². The van der Waals surface area contributed by atoms with Crippen molar-refractivity contribution in [1.29, 1.82) is 0 Å². The maximum Gasteiger partial charge on any atom is 0.0622 e. The van der Waals surface area contributed by atoms with Gasteiger partial charge in [0.2, 0.25) is 0 Å². The SMILES string of the molecule is CC(C)/C=C\C(=N/N)C(C)C. The van der Waals surface area contributed by atoms with Gasteiger partial charge in [0.05, 0.1) is 5.71 Å². The molecule has 0 bridgehead atoms. The molecule has 0 fully saturated rings. The molecule has 0 aliphatic heterocycles. The lowest BCUT2D eigenvalue weighted by molar-refractivity contribution is 0.827. The van der Waals surface area contributed by atoms with Crippen molar-refractivity contribution in [2.45, 2.75) is 27.7 Å². The van der Waals surface area contributed by atoms with Crippen LogP contribution in [0.1, 0.15) is 27.7 Å². The molecule has 0 aliphatic rings. The molecule has 0 unspecified atom stereocenters. The van der Waals surface area contributed by atoms with Gasteiger partial charge < -0.3 is 5.84 Å². The van der Waals surface area contributed by atoms with Gasteiger partial charge in [-0.15, -0.1) is 0 Å². The van der Waals surface area contributed by atoms with Gasteiger partial charge >= 0.3 is 0 Å². The Hall–Kier alpha value is -0.790. The van der Waals surface area contributed by atoms with Crippen molar-refractivity contribution in [3.8, 4) is 0 Å². The van der Waals surface area contributed by atoms with Gasteiger partial charge in [0, 0.05) is 0 Å². The molecule has 0 aliphatic carbocycles. The highest BCUT2D eigenvalue weighted by atomic mass is 15.1. The largest absolute Gasteiger partial charge is 0.323 e. The topological polar surface area (TPSA) is 38.4 Å². The lowest BCUT2D eigenvalue weighted by Gasteiger charge is -2.02. The zero-order valence-electron chi connectivity index (χ0n) is 7.83. The summed E-state index contributed by atoms with van der Waals surface area (Å²) in [5.41, 5.74) is 0.957. The zero-order valence-corrected chi connectivity index (χ0v) is 7.83. The van der Waals surface area contributed by atoms with Gasteiger partial charge in [-0.1, -0.05) is 33.8 Å². The van der Waals surface area contributed by atoms with Gasteiger partial charge in [-0.05, 0) is 17.9 Å². The Morgan fingerprint density at radius 3 is 2.09 bits per heavy atom. The summed E-state index contributed by atoms with van der Waals surface area (Å²) in [5, 5.41) is 3.69. The fraction of sp³-hybridized carbons (Fsp3) is 0.667. The van der Waals surface area contributed by atoms with E-state index in [2.05, 4.69) is 38.9 Å². The number of nitrogens with two attached hydrogens (primary N) is 1. The minimum absolute atomic E-state index is 0.412. The first-order valence-electron chi connectivity index (χ1n) is 4.04. The minimum atomic E-state index is 0.412. The Kier molecular flexibility index (Phi) is 4.59. The lowest BCUT2D eigenvalue weighted by Crippen LogP contribution is -2.06. The number of rotatable bonds is 3. The van der Waals surface area contributed by atoms with E-state index in [9.17, 15) is 0 Å². The van der Waals surface area contributed by atoms with Crippen LogP contribution in [0.2, 0.25) is 0 Å². The van der Waals surface area contributed by atoms with Crippen LogP contribution in [0.3, 0.4) is 0 Å². The number of nitrogens with zero attached hydrogens (tertiary/aromatic N) is 1. The third kappa shape index (κ3) is 4.59. The molecule has 0 aromatic rings. The van der Waals surface area contributed by atoms with E-state index >= 15 is 0 Å². The molecule has 2 heteroatoms. The Morgan fingerprint density at radius 2 is 1.82 bits per heavy atom. The summed E-state index contributed by atoms with van der Waals surface area (Å²) in [6.07, 6.45) is 4.10. The molecular formula is C9H18N2. The molecule has 0 saturated carbocycles. The number of allylic oxidation sites excluding steroid dienone is 2. The molecule has 2 nitrogen and oxygen atoms in total. The van der Waals surface area contributed by atoms with Crippen molar-refractivity contribution >= 4 is 5.71 Å². The molecule has 0 atom stereocenters. The van der Waals surface area contributed by atoms with Crippen molar-refractivity contribution < 1.29 is 0 Å². The predicted molar refractivity (Wildman–Crippen MR) is 50.4 cm³/mol. The zero-order chi connectivity index (χ0) is 8.85. The maximum atomic E-state index is 5.20. The predicted octanol–water partition coefficient (Wildman–Crippen LogP) is 2.17. The molecule has 0 heterocycles. The number of hydrogen-bond acceptors (Lipinski definition) is 2. The Bertz CT molecular complexity index is 155. The second-order valence-electron chi connectivity index (χ2n) is 3.31. The van der Waals surface area contributed by atoms with Gasteiger partial charge in [-0.25, -0.2) is 0 Å². The third-order valence-electron chi connectivity index (χ3n) is 1.39. The highest BCUT2D eigenvalue weighted by Crippen LogP contribution is 2.00. The van der Waals surface area contributed by atoms with Crippen LogP contribution < -0.4 is 5.84 Å². The Morgan fingerprint density at radius 1 is 1.27 bits per heavy atom. The van der Waals surface area contributed by atoms with Crippen molar-refractivity contribution in [2.75, 3.05) is 0 Å². The molecule has 0 spiro atoms. The average molecular weight is 154 g/mol. The summed E-state index contributed by atoms with van der Waals surface area (Å²) in [5.74, 6) is 6.17. The lowest BCUT2D eigenvalue weighted by atomic mass is 10.1. The second-order valence-corrected chi connectivity index (χ2v) is 3.31. The molecule has 0 aromatic heterocycles. The van der Waals surface area contributed by atoms with E-state index in [0.29, 0.717) is 11.8 Å². The smallest absolute Gasteiger partial charge is 0.0622 e. The van der Waals surface area contributed by atoms with Gasteiger partial charge in [-0.2, -0.15) is 5.10 Å². The van der Waals surface area contributed by atoms with Crippen LogP contribution in [0.15, 0.2) is 17.3 Å². The molecule has 0 aromatic carbocycles. The van der Waals surface area contributed by atoms with Crippen LogP contribution in [0, 0.1) is 11.8 Å². The summed E-state index contributed by atoms with van der Waals surface area (Å²) >= 11 is 0. The van der Waals surface area contributed by atoms with Crippen LogP contribution in [0.5, 0.6) is 0 Å². The van der Waals surface area contributed by atoms with Crippen molar-refractivity contribution in [2.24, 2.45) is 22.8 Å². The standard InChI is InChI=1S/C9H18N2/c1-7(2)5-6-9(11-10)8(3)4/h5-8H,10H2,1-4H3/b6-5-,11-9+. The summed E-state index contributed by atoms with van der Waals surface area (Å²) < 4.78 is 0. The average Bonchev–Trinajstić information content (AvgIpc) is 1.87. The van der Waals surface area contributed by atoms with E-state index in [1.165, 1.54) is 0 Å². The van der Waals surface area contributed by atoms with Crippen LogP contribution in [0.25, 0.3) is 0 Å². The fourth-order valence-corrected chi connectivity index (χ4v) is 0.676. The summed E-state index contributed by atoms with van der Waals surface area (Å²) in [6, 6.07) is 0. The highest BCUT2D eigenvalue weighted by Gasteiger charge is 1.99. The van der Waals surface area contributed by atoms with E-state index in [-0.39, 0.29) is 0 Å². The van der Waals surface area contributed by atoms with Crippen molar-refractivity contribution in [1.82, 2.24) is 0 Å². The molecule has 0 amide bonds. The molecule has 11 heavy (non-hydrogen) atoms.